The summed E-state index contributed by atoms with van der Waals surface area (Å²) in [4.78, 5) is 24.1. The molecular weight excluding hydrogens is 322 g/mol. The molecule has 0 unspecified atom stereocenters. The second-order valence-electron chi connectivity index (χ2n) is 5.70. The Labute approximate surface area is 147 Å². The molecule has 0 aliphatic carbocycles. The first kappa shape index (κ1) is 18.2. The maximum atomic E-state index is 11.9. The Bertz CT molecular complexity index is 683. The van der Waals surface area contributed by atoms with Crippen LogP contribution in [0.25, 0.3) is 0 Å². The molecule has 0 aliphatic heterocycles. The predicted molar refractivity (Wildman–Crippen MR) is 98.7 cm³/mol. The second-order valence-corrected chi connectivity index (χ2v) is 6.99. The number of carbonyl (C=O) groups is 1. The smallest absolute Gasteiger partial charge is 0.315 e. The van der Waals surface area contributed by atoms with Crippen molar-refractivity contribution in [3.63, 3.8) is 0 Å². The fraction of sp³-hybridized carbons (Fsp3) is 0.471. The van der Waals surface area contributed by atoms with Gasteiger partial charge in [0.15, 0.2) is 0 Å². The Morgan fingerprint density at radius 1 is 1.33 bits per heavy atom. The fourth-order valence-electron chi connectivity index (χ4n) is 2.41. The summed E-state index contributed by atoms with van der Waals surface area (Å²) in [6, 6.07) is 3.66. The second kappa shape index (κ2) is 8.63. The summed E-state index contributed by atoms with van der Waals surface area (Å²) in [6.07, 6.45) is 3.46. The molecule has 0 aliphatic rings. The number of aryl methyl sites for hydroxylation is 2. The minimum absolute atomic E-state index is 0.174. The van der Waals surface area contributed by atoms with Gasteiger partial charge < -0.3 is 15.5 Å². The van der Waals surface area contributed by atoms with Crippen molar-refractivity contribution >= 4 is 23.2 Å². The van der Waals surface area contributed by atoms with Gasteiger partial charge >= 0.3 is 6.03 Å². The number of hydrogen-bond acceptors (Lipinski definition) is 5. The third kappa shape index (κ3) is 4.92. The molecule has 0 fully saturated rings. The number of pyridine rings is 1. The fourth-order valence-corrected chi connectivity index (χ4v) is 3.44. The van der Waals surface area contributed by atoms with Crippen LogP contribution in [0.5, 0.6) is 0 Å². The van der Waals surface area contributed by atoms with E-state index >= 15 is 0 Å². The lowest BCUT2D eigenvalue weighted by Crippen LogP contribution is -2.36. The highest BCUT2D eigenvalue weighted by molar-refractivity contribution is 7.11. The van der Waals surface area contributed by atoms with Gasteiger partial charge in [-0.1, -0.05) is 13.0 Å². The first-order valence-electron chi connectivity index (χ1n) is 8.09. The predicted octanol–water partition coefficient (Wildman–Crippen LogP) is 2.52. The number of urea groups is 1. The van der Waals surface area contributed by atoms with Gasteiger partial charge in [-0.25, -0.2) is 14.8 Å². The monoisotopic (exact) mass is 347 g/mol. The van der Waals surface area contributed by atoms with E-state index < -0.39 is 0 Å². The molecule has 24 heavy (non-hydrogen) atoms. The van der Waals surface area contributed by atoms with Crippen molar-refractivity contribution in [1.82, 2.24) is 20.6 Å². The zero-order chi connectivity index (χ0) is 17.5. The summed E-state index contributed by atoms with van der Waals surface area (Å²) in [5.41, 5.74) is 2.15. The lowest BCUT2D eigenvalue weighted by Gasteiger charge is -2.16. The topological polar surface area (TPSA) is 70.1 Å². The van der Waals surface area contributed by atoms with Gasteiger partial charge in [0.1, 0.15) is 5.82 Å². The Balaban J connectivity index is 1.77. The molecule has 0 aromatic carbocycles. The maximum absolute atomic E-state index is 11.9. The maximum Gasteiger partial charge on any atom is 0.315 e. The number of nitrogens with zero attached hydrogens (tertiary/aromatic N) is 3. The molecule has 7 heteroatoms. The first-order valence-corrected chi connectivity index (χ1v) is 8.91. The van der Waals surface area contributed by atoms with Gasteiger partial charge in [0.2, 0.25) is 0 Å². The van der Waals surface area contributed by atoms with Crippen molar-refractivity contribution in [2.24, 2.45) is 0 Å². The van der Waals surface area contributed by atoms with Crippen LogP contribution in [0.4, 0.5) is 10.6 Å². The van der Waals surface area contributed by atoms with Gasteiger partial charge in [0, 0.05) is 50.2 Å². The van der Waals surface area contributed by atoms with E-state index in [0.29, 0.717) is 13.1 Å². The molecule has 0 saturated carbocycles. The van der Waals surface area contributed by atoms with E-state index in [1.807, 2.05) is 31.1 Å². The first-order chi connectivity index (χ1) is 11.5. The molecule has 6 nitrogen and oxygen atoms in total. The minimum atomic E-state index is -0.174. The van der Waals surface area contributed by atoms with E-state index in [1.54, 1.807) is 17.5 Å². The molecule has 2 aromatic heterocycles. The van der Waals surface area contributed by atoms with Crippen LogP contribution in [0, 0.1) is 6.92 Å². The van der Waals surface area contributed by atoms with Crippen LogP contribution in [0.1, 0.15) is 28.1 Å². The molecule has 2 rings (SSSR count). The van der Waals surface area contributed by atoms with Gasteiger partial charge in [0.05, 0.1) is 10.7 Å². The number of amides is 2. The highest BCUT2D eigenvalue weighted by Crippen LogP contribution is 2.18. The number of hydrogen-bond donors (Lipinski definition) is 2. The van der Waals surface area contributed by atoms with Crippen LogP contribution in [-0.2, 0) is 19.4 Å². The number of nitrogens with one attached hydrogen (secondary N) is 2. The van der Waals surface area contributed by atoms with E-state index in [2.05, 4.69) is 34.4 Å². The molecule has 2 amide bonds. The van der Waals surface area contributed by atoms with E-state index in [0.717, 1.165) is 34.9 Å². The Morgan fingerprint density at radius 2 is 2.12 bits per heavy atom. The zero-order valence-corrected chi connectivity index (χ0v) is 15.5. The van der Waals surface area contributed by atoms with E-state index in [9.17, 15) is 4.79 Å². The zero-order valence-electron chi connectivity index (χ0n) is 14.7. The van der Waals surface area contributed by atoms with Crippen LogP contribution in [0.3, 0.4) is 0 Å². The number of rotatable bonds is 7. The van der Waals surface area contributed by atoms with Crippen LogP contribution in [0.15, 0.2) is 18.3 Å². The van der Waals surface area contributed by atoms with Crippen molar-refractivity contribution < 1.29 is 4.79 Å². The molecule has 2 aromatic rings. The standard InChI is InChI=1S/C17H25N5OS/c1-5-14-12(2)24-15(21-14)8-10-19-17(23)20-11-13-7-6-9-18-16(13)22(3)4/h6-7,9H,5,8,10-11H2,1-4H3,(H2,19,20,23). The number of carbonyl (C=O) groups excluding carboxylic acids is 1. The largest absolute Gasteiger partial charge is 0.362 e. The summed E-state index contributed by atoms with van der Waals surface area (Å²) in [5, 5.41) is 6.83. The van der Waals surface area contributed by atoms with Gasteiger partial charge in [-0.05, 0) is 19.4 Å². The summed E-state index contributed by atoms with van der Waals surface area (Å²) in [7, 11) is 3.87. The average Bonchev–Trinajstić information content (AvgIpc) is 2.93. The number of thiazole rings is 1. The highest BCUT2D eigenvalue weighted by Gasteiger charge is 2.08. The lowest BCUT2D eigenvalue weighted by molar-refractivity contribution is 0.240. The van der Waals surface area contributed by atoms with E-state index in [-0.39, 0.29) is 6.03 Å². The molecule has 0 spiro atoms. The van der Waals surface area contributed by atoms with E-state index in [4.69, 9.17) is 0 Å². The quantitative estimate of drug-likeness (QED) is 0.807. The van der Waals surface area contributed by atoms with Crippen LogP contribution in [-0.4, -0.2) is 36.6 Å². The number of anilines is 1. The SMILES string of the molecule is CCc1nc(CCNC(=O)NCc2cccnc2N(C)C)sc1C. The van der Waals surface area contributed by atoms with Crippen LogP contribution >= 0.6 is 11.3 Å². The molecule has 0 radical (unpaired) electrons. The normalized spacial score (nSPS) is 10.5. The third-order valence-electron chi connectivity index (χ3n) is 3.63. The molecule has 2 heterocycles. The van der Waals surface area contributed by atoms with Crippen LogP contribution in [0.2, 0.25) is 0 Å². The summed E-state index contributed by atoms with van der Waals surface area (Å²) < 4.78 is 0. The van der Waals surface area contributed by atoms with Gasteiger partial charge in [-0.15, -0.1) is 11.3 Å². The molecule has 0 atom stereocenters. The minimum Gasteiger partial charge on any atom is -0.362 e. The molecule has 2 N–H and O–H groups in total. The van der Waals surface area contributed by atoms with E-state index in [1.165, 1.54) is 4.88 Å². The van der Waals surface area contributed by atoms with Gasteiger partial charge in [-0.2, -0.15) is 0 Å². The van der Waals surface area contributed by atoms with Gasteiger partial charge in [0.25, 0.3) is 0 Å². The van der Waals surface area contributed by atoms with Crippen LogP contribution < -0.4 is 15.5 Å². The van der Waals surface area contributed by atoms with Crippen molar-refractivity contribution in [1.29, 1.82) is 0 Å². The summed E-state index contributed by atoms with van der Waals surface area (Å²) in [5.74, 6) is 0.864. The van der Waals surface area contributed by atoms with Crippen molar-refractivity contribution in [3.8, 4) is 0 Å². The average molecular weight is 347 g/mol. The van der Waals surface area contributed by atoms with Crippen molar-refractivity contribution in [2.45, 2.75) is 33.2 Å². The molecule has 0 bridgehead atoms. The Kier molecular flexibility index (Phi) is 6.54. The number of aromatic nitrogens is 2. The van der Waals surface area contributed by atoms with Crippen molar-refractivity contribution in [2.75, 3.05) is 25.5 Å². The summed E-state index contributed by atoms with van der Waals surface area (Å²) >= 11 is 1.71. The molecular formula is C17H25N5OS. The summed E-state index contributed by atoms with van der Waals surface area (Å²) in [6.45, 7) is 5.23. The van der Waals surface area contributed by atoms with Crippen molar-refractivity contribution in [3.05, 3.63) is 39.5 Å². The Morgan fingerprint density at radius 3 is 2.79 bits per heavy atom. The molecule has 0 saturated heterocycles. The highest BCUT2D eigenvalue weighted by atomic mass is 32.1. The lowest BCUT2D eigenvalue weighted by atomic mass is 10.2. The molecule has 130 valence electrons. The van der Waals surface area contributed by atoms with Gasteiger partial charge in [-0.3, -0.25) is 0 Å². The third-order valence-corrected chi connectivity index (χ3v) is 4.70. The Hall–Kier alpha value is -2.15.